The zero-order valence-corrected chi connectivity index (χ0v) is 28.7. The number of aromatic nitrogens is 1. The van der Waals surface area contributed by atoms with Gasteiger partial charge in [-0.1, -0.05) is 29.5 Å². The molecule has 2 heterocycles. The second-order valence-corrected chi connectivity index (χ2v) is 12.5. The van der Waals surface area contributed by atoms with E-state index in [1.807, 2.05) is 38.1 Å². The van der Waals surface area contributed by atoms with Crippen LogP contribution in [-0.4, -0.2) is 35.3 Å². The maximum atomic E-state index is 14.2. The second kappa shape index (κ2) is 15.2. The maximum Gasteiger partial charge on any atom is 0.338 e. The fraction of sp³-hybridized carbons (Fsp3) is 0.270. The minimum atomic E-state index is -0.814. The van der Waals surface area contributed by atoms with Crippen molar-refractivity contribution in [1.82, 2.24) is 4.57 Å². The summed E-state index contributed by atoms with van der Waals surface area (Å²) in [7, 11) is 1.54. The van der Waals surface area contributed by atoms with Crippen LogP contribution in [0.3, 0.4) is 0 Å². The van der Waals surface area contributed by atoms with Gasteiger partial charge in [-0.3, -0.25) is 19.5 Å². The van der Waals surface area contributed by atoms with Crippen LogP contribution in [0, 0.1) is 10.1 Å². The number of carbonyl (C=O) groups excluding carboxylic acids is 1. The number of benzene rings is 3. The highest BCUT2D eigenvalue weighted by Crippen LogP contribution is 2.36. The number of rotatable bonds is 13. The lowest BCUT2D eigenvalue weighted by Crippen LogP contribution is -2.40. The molecule has 1 aliphatic rings. The van der Waals surface area contributed by atoms with E-state index in [-0.39, 0.29) is 36.1 Å². The van der Waals surface area contributed by atoms with Crippen molar-refractivity contribution in [2.45, 2.75) is 52.9 Å². The van der Waals surface area contributed by atoms with Gasteiger partial charge in [0.05, 0.1) is 46.6 Å². The summed E-state index contributed by atoms with van der Waals surface area (Å²) in [6, 6.07) is 16.3. The van der Waals surface area contributed by atoms with Crippen LogP contribution in [0.2, 0.25) is 0 Å². The Morgan fingerprint density at radius 1 is 1.10 bits per heavy atom. The largest absolute Gasteiger partial charge is 0.493 e. The number of methoxy groups -OCH3 is 1. The van der Waals surface area contributed by atoms with Gasteiger partial charge in [-0.25, -0.2) is 9.79 Å². The van der Waals surface area contributed by atoms with E-state index in [4.69, 9.17) is 18.9 Å². The number of allylic oxidation sites excluding steroid dienone is 2. The SMILES string of the molecule is C=CCc1cc(/C=c2\sc3n(c2=O)[C@@H](c2ccc(OC(C)C)c(OC)c2)C(C(=O)OCC)=C(C)N=3)ccc1OCc1ccc([N+](=O)[O-])cc1. The number of nitro groups is 1. The van der Waals surface area contributed by atoms with E-state index < -0.39 is 16.9 Å². The predicted octanol–water partition coefficient (Wildman–Crippen LogP) is 5.81. The molecule has 1 aliphatic heterocycles. The van der Waals surface area contributed by atoms with Crippen LogP contribution in [0.4, 0.5) is 5.69 Å². The van der Waals surface area contributed by atoms with E-state index in [9.17, 15) is 19.7 Å². The summed E-state index contributed by atoms with van der Waals surface area (Å²) in [5.41, 5.74) is 3.47. The first-order valence-corrected chi connectivity index (χ1v) is 16.5. The Morgan fingerprint density at radius 3 is 2.49 bits per heavy atom. The van der Waals surface area contributed by atoms with Gasteiger partial charge in [0.2, 0.25) is 0 Å². The lowest BCUT2D eigenvalue weighted by Gasteiger charge is -2.25. The molecule has 0 spiro atoms. The second-order valence-electron chi connectivity index (χ2n) is 11.5. The fourth-order valence-electron chi connectivity index (χ4n) is 5.48. The molecule has 12 heteroatoms. The first-order valence-electron chi connectivity index (χ1n) is 15.7. The standard InChI is InChI=1S/C37H37N3O8S/c1-7-9-26-18-25(12-16-29(26)47-21-24-10-14-28(15-11-24)40(43)44)19-32-35(41)39-34(27-13-17-30(48-22(3)4)31(20-27)45-6)33(36(42)46-8-2)23(5)38-37(39)49-32/h7,10-20,22,34H,1,8-9,21H2,2-6H3/b32-19-/t34-/m0/s1. The number of ether oxygens (including phenoxy) is 4. The number of non-ortho nitro benzene ring substituents is 1. The van der Waals surface area contributed by atoms with Crippen molar-refractivity contribution in [3.63, 3.8) is 0 Å². The van der Waals surface area contributed by atoms with Crippen LogP contribution < -0.4 is 29.1 Å². The Balaban J connectivity index is 1.55. The summed E-state index contributed by atoms with van der Waals surface area (Å²) < 4.78 is 25.0. The van der Waals surface area contributed by atoms with Crippen molar-refractivity contribution < 1.29 is 28.7 Å². The normalized spacial score (nSPS) is 14.2. The van der Waals surface area contributed by atoms with E-state index in [0.29, 0.717) is 44.3 Å². The van der Waals surface area contributed by atoms with E-state index >= 15 is 0 Å². The average molecular weight is 684 g/mol. The number of carbonyl (C=O) groups is 1. The Kier molecular flexibility index (Phi) is 10.8. The first kappa shape index (κ1) is 34.8. The van der Waals surface area contributed by atoms with E-state index in [1.54, 1.807) is 50.3 Å². The fourth-order valence-corrected chi connectivity index (χ4v) is 6.53. The third-order valence-corrected chi connectivity index (χ3v) is 8.65. The molecule has 0 amide bonds. The molecule has 0 unspecified atom stereocenters. The molecule has 0 saturated heterocycles. The Labute approximate surface area is 287 Å². The molecule has 0 saturated carbocycles. The summed E-state index contributed by atoms with van der Waals surface area (Å²) in [4.78, 5) is 43.2. The molecule has 4 aromatic rings. The molecule has 3 aromatic carbocycles. The summed E-state index contributed by atoms with van der Waals surface area (Å²) >= 11 is 1.23. The number of nitrogens with zero attached hydrogens (tertiary/aromatic N) is 3. The van der Waals surface area contributed by atoms with Gasteiger partial charge in [-0.05, 0) is 98.8 Å². The minimum Gasteiger partial charge on any atom is -0.493 e. The molecule has 0 bridgehead atoms. The van der Waals surface area contributed by atoms with Crippen molar-refractivity contribution in [2.75, 3.05) is 13.7 Å². The van der Waals surface area contributed by atoms with Gasteiger partial charge in [-0.2, -0.15) is 0 Å². The third-order valence-electron chi connectivity index (χ3n) is 7.67. The highest BCUT2D eigenvalue weighted by molar-refractivity contribution is 7.07. The van der Waals surface area contributed by atoms with Crippen molar-refractivity contribution in [3.8, 4) is 17.2 Å². The maximum absolute atomic E-state index is 14.2. The third kappa shape index (κ3) is 7.65. The van der Waals surface area contributed by atoms with Gasteiger partial charge in [0.1, 0.15) is 12.4 Å². The Bertz CT molecular complexity index is 2110. The van der Waals surface area contributed by atoms with Gasteiger partial charge in [0.15, 0.2) is 16.3 Å². The molecule has 5 rings (SSSR count). The monoisotopic (exact) mass is 683 g/mol. The Morgan fingerprint density at radius 2 is 1.84 bits per heavy atom. The number of hydrogen-bond donors (Lipinski definition) is 0. The van der Waals surface area contributed by atoms with Gasteiger partial charge < -0.3 is 18.9 Å². The van der Waals surface area contributed by atoms with Gasteiger partial charge in [-0.15, -0.1) is 6.58 Å². The van der Waals surface area contributed by atoms with Crippen molar-refractivity contribution in [2.24, 2.45) is 4.99 Å². The predicted molar refractivity (Wildman–Crippen MR) is 187 cm³/mol. The van der Waals surface area contributed by atoms with Crippen LogP contribution in [0.1, 0.15) is 56.0 Å². The molecule has 1 aromatic heterocycles. The van der Waals surface area contributed by atoms with Gasteiger partial charge in [0.25, 0.3) is 11.2 Å². The molecule has 254 valence electrons. The molecular formula is C37H37N3O8S. The summed E-state index contributed by atoms with van der Waals surface area (Å²) in [6.07, 6.45) is 3.98. The molecule has 0 aliphatic carbocycles. The topological polar surface area (TPSA) is 131 Å². The average Bonchev–Trinajstić information content (AvgIpc) is 3.37. The molecular weight excluding hydrogens is 646 g/mol. The molecule has 0 fully saturated rings. The minimum absolute atomic E-state index is 0.0122. The first-order chi connectivity index (χ1) is 23.5. The van der Waals surface area contributed by atoms with Crippen LogP contribution in [-0.2, 0) is 22.6 Å². The van der Waals surface area contributed by atoms with Crippen molar-refractivity contribution in [3.05, 3.63) is 137 Å². The number of fused-ring (bicyclic) bond motifs is 1. The van der Waals surface area contributed by atoms with E-state index in [0.717, 1.165) is 16.7 Å². The molecule has 1 atom stereocenters. The molecule has 11 nitrogen and oxygen atoms in total. The van der Waals surface area contributed by atoms with E-state index in [1.165, 1.54) is 35.1 Å². The lowest BCUT2D eigenvalue weighted by molar-refractivity contribution is -0.384. The Hall–Kier alpha value is -5.49. The number of nitro benzene ring substituents is 1. The molecule has 0 radical (unpaired) electrons. The highest BCUT2D eigenvalue weighted by Gasteiger charge is 2.34. The van der Waals surface area contributed by atoms with E-state index in [2.05, 4.69) is 11.6 Å². The van der Waals surface area contributed by atoms with Crippen molar-refractivity contribution in [1.29, 1.82) is 0 Å². The van der Waals surface area contributed by atoms with Crippen LogP contribution in [0.15, 0.2) is 94.4 Å². The quantitative estimate of drug-likeness (QED) is 0.0747. The summed E-state index contributed by atoms with van der Waals surface area (Å²) in [5, 5.41) is 11.0. The van der Waals surface area contributed by atoms with Gasteiger partial charge in [0, 0.05) is 12.1 Å². The zero-order chi connectivity index (χ0) is 35.2. The molecule has 0 N–H and O–H groups in total. The summed E-state index contributed by atoms with van der Waals surface area (Å²) in [5.74, 6) is 1.09. The lowest BCUT2D eigenvalue weighted by atomic mass is 9.95. The van der Waals surface area contributed by atoms with Gasteiger partial charge >= 0.3 is 5.97 Å². The number of esters is 1. The molecule has 49 heavy (non-hydrogen) atoms. The smallest absolute Gasteiger partial charge is 0.338 e. The van der Waals surface area contributed by atoms with Crippen LogP contribution in [0.25, 0.3) is 6.08 Å². The number of thiazole rings is 1. The van der Waals surface area contributed by atoms with Crippen LogP contribution >= 0.6 is 11.3 Å². The van der Waals surface area contributed by atoms with Crippen LogP contribution in [0.5, 0.6) is 17.2 Å². The zero-order valence-electron chi connectivity index (χ0n) is 27.9. The highest BCUT2D eigenvalue weighted by atomic mass is 32.1. The number of hydrogen-bond acceptors (Lipinski definition) is 10. The summed E-state index contributed by atoms with van der Waals surface area (Å²) in [6.45, 7) is 11.6. The van der Waals surface area contributed by atoms with Crippen molar-refractivity contribution >= 4 is 29.1 Å².